The number of nitrogens with one attached hydrogen (secondary N) is 2. The van der Waals surface area contributed by atoms with Gasteiger partial charge in [0.15, 0.2) is 0 Å². The summed E-state index contributed by atoms with van der Waals surface area (Å²) in [7, 11) is 0. The summed E-state index contributed by atoms with van der Waals surface area (Å²) in [5.74, 6) is 0.365. The summed E-state index contributed by atoms with van der Waals surface area (Å²) in [6.07, 6.45) is 0. The third-order valence-corrected chi connectivity index (χ3v) is 2.86. The molecule has 0 saturated carbocycles. The molecule has 7 N–H and O–H groups in total. The molecule has 0 unspecified atom stereocenters. The first kappa shape index (κ1) is 14.9. The molecular formula is C13H24N4O. The molecular weight excluding hydrogens is 228 g/mol. The third kappa shape index (κ3) is 4.27. The van der Waals surface area contributed by atoms with Gasteiger partial charge < -0.3 is 27.2 Å². The van der Waals surface area contributed by atoms with Crippen molar-refractivity contribution in [1.29, 1.82) is 0 Å². The first-order chi connectivity index (χ1) is 8.70. The summed E-state index contributed by atoms with van der Waals surface area (Å²) in [6, 6.07) is 3.97. The minimum absolute atomic E-state index is 0.365. The summed E-state index contributed by atoms with van der Waals surface area (Å²) in [5, 5.41) is 16.6. The van der Waals surface area contributed by atoms with Crippen LogP contribution in [0.5, 0.6) is 5.75 Å². The van der Waals surface area contributed by atoms with E-state index in [0.29, 0.717) is 31.9 Å². The molecule has 0 aliphatic heterocycles. The van der Waals surface area contributed by atoms with Crippen molar-refractivity contribution in [3.63, 3.8) is 0 Å². The highest BCUT2D eigenvalue weighted by molar-refractivity contribution is 5.45. The maximum Gasteiger partial charge on any atom is 0.124 e. The minimum Gasteiger partial charge on any atom is -0.507 e. The molecule has 5 heteroatoms. The first-order valence-electron chi connectivity index (χ1n) is 6.32. The zero-order valence-electron chi connectivity index (χ0n) is 11.0. The van der Waals surface area contributed by atoms with Crippen LogP contribution >= 0.6 is 0 Å². The molecule has 0 spiro atoms. The molecule has 0 aliphatic rings. The van der Waals surface area contributed by atoms with Gasteiger partial charge in [0.05, 0.1) is 0 Å². The number of phenolic OH excluding ortho intramolecular Hbond substituents is 1. The molecule has 5 nitrogen and oxygen atoms in total. The molecule has 0 aromatic heterocycles. The largest absolute Gasteiger partial charge is 0.507 e. The number of rotatable bonds is 8. The van der Waals surface area contributed by atoms with Gasteiger partial charge in [-0.1, -0.05) is 12.1 Å². The van der Waals surface area contributed by atoms with Gasteiger partial charge in [0, 0.05) is 50.4 Å². The highest BCUT2D eigenvalue weighted by Gasteiger charge is 2.09. The van der Waals surface area contributed by atoms with Crippen molar-refractivity contribution >= 4 is 0 Å². The van der Waals surface area contributed by atoms with Crippen LogP contribution in [0.2, 0.25) is 0 Å². The summed E-state index contributed by atoms with van der Waals surface area (Å²) in [6.45, 7) is 5.95. The van der Waals surface area contributed by atoms with Gasteiger partial charge in [-0.2, -0.15) is 0 Å². The van der Waals surface area contributed by atoms with Crippen molar-refractivity contribution in [3.8, 4) is 5.75 Å². The number of aryl methyl sites for hydroxylation is 1. The van der Waals surface area contributed by atoms with Gasteiger partial charge in [-0.15, -0.1) is 0 Å². The summed E-state index contributed by atoms with van der Waals surface area (Å²) >= 11 is 0. The Kier molecular flexibility index (Phi) is 6.67. The van der Waals surface area contributed by atoms with Crippen LogP contribution in [0.15, 0.2) is 12.1 Å². The molecule has 0 aliphatic carbocycles. The molecule has 0 fully saturated rings. The monoisotopic (exact) mass is 252 g/mol. The van der Waals surface area contributed by atoms with Crippen molar-refractivity contribution in [3.05, 3.63) is 28.8 Å². The molecule has 0 bridgehead atoms. The SMILES string of the molecule is Cc1ccc(CNCCN)c(O)c1CNCCN. The van der Waals surface area contributed by atoms with Crippen LogP contribution in [-0.2, 0) is 13.1 Å². The van der Waals surface area contributed by atoms with Gasteiger partial charge in [0.2, 0.25) is 0 Å². The van der Waals surface area contributed by atoms with Crippen LogP contribution in [0.4, 0.5) is 0 Å². The summed E-state index contributed by atoms with van der Waals surface area (Å²) in [4.78, 5) is 0. The Balaban J connectivity index is 2.72. The maximum absolute atomic E-state index is 10.2. The third-order valence-electron chi connectivity index (χ3n) is 2.86. The van der Waals surface area contributed by atoms with Crippen molar-refractivity contribution in [2.45, 2.75) is 20.0 Å². The van der Waals surface area contributed by atoms with E-state index in [1.54, 1.807) is 0 Å². The van der Waals surface area contributed by atoms with E-state index in [2.05, 4.69) is 10.6 Å². The van der Waals surface area contributed by atoms with E-state index >= 15 is 0 Å². The molecule has 1 aromatic rings. The normalized spacial score (nSPS) is 10.8. The van der Waals surface area contributed by atoms with Crippen LogP contribution in [0.25, 0.3) is 0 Å². The lowest BCUT2D eigenvalue weighted by molar-refractivity contribution is 0.453. The molecule has 0 saturated heterocycles. The van der Waals surface area contributed by atoms with Crippen molar-refractivity contribution < 1.29 is 5.11 Å². The van der Waals surface area contributed by atoms with E-state index in [9.17, 15) is 5.11 Å². The number of aromatic hydroxyl groups is 1. The molecule has 1 aromatic carbocycles. The predicted octanol–water partition coefficient (Wildman–Crippen LogP) is -0.203. The topological polar surface area (TPSA) is 96.3 Å². The van der Waals surface area contributed by atoms with Gasteiger partial charge in [-0.25, -0.2) is 0 Å². The van der Waals surface area contributed by atoms with Gasteiger partial charge in [0.25, 0.3) is 0 Å². The molecule has 102 valence electrons. The number of benzene rings is 1. The molecule has 0 radical (unpaired) electrons. The highest BCUT2D eigenvalue weighted by atomic mass is 16.3. The number of hydrogen-bond acceptors (Lipinski definition) is 5. The Morgan fingerprint density at radius 3 is 2.28 bits per heavy atom. The zero-order valence-corrected chi connectivity index (χ0v) is 11.0. The minimum atomic E-state index is 0.365. The first-order valence-corrected chi connectivity index (χ1v) is 6.32. The van der Waals surface area contributed by atoms with E-state index in [1.165, 1.54) is 0 Å². The van der Waals surface area contributed by atoms with Crippen LogP contribution in [0, 0.1) is 6.92 Å². The zero-order chi connectivity index (χ0) is 13.4. The molecule has 1 rings (SSSR count). The van der Waals surface area contributed by atoms with Gasteiger partial charge >= 0.3 is 0 Å². The maximum atomic E-state index is 10.2. The van der Waals surface area contributed by atoms with Crippen LogP contribution in [-0.4, -0.2) is 31.3 Å². The second-order valence-electron chi connectivity index (χ2n) is 4.30. The Bertz CT molecular complexity index is 368. The van der Waals surface area contributed by atoms with Gasteiger partial charge in [-0.05, 0) is 12.5 Å². The number of phenols is 1. The average Bonchev–Trinajstić information content (AvgIpc) is 2.36. The lowest BCUT2D eigenvalue weighted by Crippen LogP contribution is -2.23. The van der Waals surface area contributed by atoms with Crippen molar-refractivity contribution in [2.24, 2.45) is 11.5 Å². The number of hydrogen-bond donors (Lipinski definition) is 5. The Labute approximate surface area is 109 Å². The Hall–Kier alpha value is -1.14. The van der Waals surface area contributed by atoms with Crippen LogP contribution in [0.3, 0.4) is 0 Å². The van der Waals surface area contributed by atoms with Crippen LogP contribution < -0.4 is 22.1 Å². The lowest BCUT2D eigenvalue weighted by Gasteiger charge is -2.14. The van der Waals surface area contributed by atoms with Crippen molar-refractivity contribution in [1.82, 2.24) is 10.6 Å². The Morgan fingerprint density at radius 2 is 1.67 bits per heavy atom. The lowest BCUT2D eigenvalue weighted by atomic mass is 10.0. The molecule has 0 heterocycles. The van der Waals surface area contributed by atoms with E-state index in [0.717, 1.165) is 29.8 Å². The second-order valence-corrected chi connectivity index (χ2v) is 4.30. The second kappa shape index (κ2) is 8.05. The fraction of sp³-hybridized carbons (Fsp3) is 0.538. The molecule has 0 atom stereocenters. The molecule has 0 amide bonds. The van der Waals surface area contributed by atoms with E-state index < -0.39 is 0 Å². The predicted molar refractivity (Wildman–Crippen MR) is 74.4 cm³/mol. The van der Waals surface area contributed by atoms with Crippen LogP contribution in [0.1, 0.15) is 16.7 Å². The quantitative estimate of drug-likeness (QED) is 0.413. The highest BCUT2D eigenvalue weighted by Crippen LogP contribution is 2.25. The smallest absolute Gasteiger partial charge is 0.124 e. The van der Waals surface area contributed by atoms with Gasteiger partial charge in [-0.3, -0.25) is 0 Å². The van der Waals surface area contributed by atoms with Gasteiger partial charge in [0.1, 0.15) is 5.75 Å². The van der Waals surface area contributed by atoms with Crippen molar-refractivity contribution in [2.75, 3.05) is 26.2 Å². The van der Waals surface area contributed by atoms with E-state index in [4.69, 9.17) is 11.5 Å². The summed E-state index contributed by atoms with van der Waals surface area (Å²) in [5.41, 5.74) is 13.8. The fourth-order valence-electron chi connectivity index (χ4n) is 1.79. The standard InChI is InChI=1S/C13H24N4O/c1-10-2-3-11(8-16-6-4-14)13(18)12(10)9-17-7-5-15/h2-3,16-18H,4-9,14-15H2,1H3. The fourth-order valence-corrected chi connectivity index (χ4v) is 1.79. The van der Waals surface area contributed by atoms with E-state index in [1.807, 2.05) is 19.1 Å². The van der Waals surface area contributed by atoms with E-state index in [-0.39, 0.29) is 0 Å². The molecule has 18 heavy (non-hydrogen) atoms. The summed E-state index contributed by atoms with van der Waals surface area (Å²) < 4.78 is 0. The average molecular weight is 252 g/mol. The number of nitrogens with two attached hydrogens (primary N) is 2. The Morgan fingerprint density at radius 1 is 1.06 bits per heavy atom.